The van der Waals surface area contributed by atoms with E-state index in [1.54, 1.807) is 42.0 Å². The summed E-state index contributed by atoms with van der Waals surface area (Å²) in [5.74, 6) is 1.34. The van der Waals surface area contributed by atoms with Crippen LogP contribution in [0.15, 0.2) is 72.5 Å². The summed E-state index contributed by atoms with van der Waals surface area (Å²) in [7, 11) is 1.74. The molecule has 186 valence electrons. The van der Waals surface area contributed by atoms with Gasteiger partial charge in [0.1, 0.15) is 7.05 Å². The highest BCUT2D eigenvalue weighted by atomic mass is 16.5. The van der Waals surface area contributed by atoms with Gasteiger partial charge in [0.25, 0.3) is 5.91 Å². The van der Waals surface area contributed by atoms with Crippen molar-refractivity contribution in [2.24, 2.45) is 0 Å². The molecule has 1 N–H and O–H groups in total. The average molecular weight is 488 g/mol. The van der Waals surface area contributed by atoms with Crippen molar-refractivity contribution >= 4 is 23.6 Å². The van der Waals surface area contributed by atoms with Gasteiger partial charge in [-0.1, -0.05) is 30.4 Å². The van der Waals surface area contributed by atoms with Gasteiger partial charge < -0.3 is 19.5 Å². The van der Waals surface area contributed by atoms with E-state index in [2.05, 4.69) is 5.32 Å². The fraction of sp³-hybridized carbons (Fsp3) is 0.276. The topological polar surface area (TPSA) is 76.9 Å². The lowest BCUT2D eigenvalue weighted by Gasteiger charge is -2.21. The van der Waals surface area contributed by atoms with Crippen molar-refractivity contribution in [1.29, 1.82) is 0 Å². The first-order valence-corrected chi connectivity index (χ1v) is 12.1. The molecule has 1 atom stereocenters. The van der Waals surface area contributed by atoms with Crippen LogP contribution in [-0.4, -0.2) is 55.0 Å². The van der Waals surface area contributed by atoms with Crippen LogP contribution in [-0.2, 0) is 16.0 Å². The Kier molecular flexibility index (Phi) is 8.00. The molecule has 4 rings (SSSR count). The summed E-state index contributed by atoms with van der Waals surface area (Å²) in [5.41, 5.74) is 3.18. The highest BCUT2D eigenvalue weighted by Gasteiger charge is 2.37. The number of likely N-dealkylation sites (N-methyl/N-ethyl adjacent to an activating group) is 1. The van der Waals surface area contributed by atoms with Crippen LogP contribution in [0, 0.1) is 0 Å². The molecule has 1 heterocycles. The summed E-state index contributed by atoms with van der Waals surface area (Å²) in [5, 5.41) is 2.95. The lowest BCUT2D eigenvalue weighted by Crippen LogP contribution is -2.40. The van der Waals surface area contributed by atoms with Crippen LogP contribution in [0.3, 0.4) is 0 Å². The van der Waals surface area contributed by atoms with Gasteiger partial charge in [0.2, 0.25) is 17.6 Å². The molecule has 2 aromatic carbocycles. The molecule has 2 aliphatic rings. The Hall–Kier alpha value is -4.13. The summed E-state index contributed by atoms with van der Waals surface area (Å²) >= 11 is 0. The molecule has 0 aromatic heterocycles. The number of hydrogen-bond donors (Lipinski definition) is 1. The minimum Gasteiger partial charge on any atom is -0.490 e. The van der Waals surface area contributed by atoms with E-state index in [0.717, 1.165) is 22.6 Å². The van der Waals surface area contributed by atoms with Gasteiger partial charge in [-0.15, -0.1) is 0 Å². The van der Waals surface area contributed by atoms with Gasteiger partial charge in [0.05, 0.1) is 13.2 Å². The molecule has 1 aliphatic carbocycles. The van der Waals surface area contributed by atoms with Gasteiger partial charge in [0, 0.05) is 18.2 Å². The first-order valence-electron chi connectivity index (χ1n) is 12.1. The molecule has 7 heteroatoms. The predicted octanol–water partition coefficient (Wildman–Crippen LogP) is 3.93. The van der Waals surface area contributed by atoms with Crippen molar-refractivity contribution in [3.05, 3.63) is 89.2 Å². The molecule has 1 aliphatic heterocycles. The van der Waals surface area contributed by atoms with Crippen LogP contribution in [0.5, 0.6) is 11.5 Å². The first-order chi connectivity index (χ1) is 17.5. The van der Waals surface area contributed by atoms with Crippen molar-refractivity contribution in [2.45, 2.75) is 26.4 Å². The van der Waals surface area contributed by atoms with Crippen molar-refractivity contribution in [2.75, 3.05) is 26.8 Å². The third-order valence-electron chi connectivity index (χ3n) is 5.89. The second kappa shape index (κ2) is 11.5. The van der Waals surface area contributed by atoms with E-state index in [-0.39, 0.29) is 23.7 Å². The van der Waals surface area contributed by atoms with Crippen molar-refractivity contribution in [1.82, 2.24) is 5.32 Å². The molecule has 2 amide bonds. The van der Waals surface area contributed by atoms with Crippen molar-refractivity contribution in [3.8, 4) is 11.5 Å². The Labute approximate surface area is 211 Å². The molecule has 36 heavy (non-hydrogen) atoms. The van der Waals surface area contributed by atoms with Gasteiger partial charge in [-0.25, -0.2) is 4.79 Å². The van der Waals surface area contributed by atoms with Crippen LogP contribution in [0.25, 0.3) is 6.08 Å². The van der Waals surface area contributed by atoms with Crippen LogP contribution < -0.4 is 14.8 Å². The van der Waals surface area contributed by atoms with E-state index < -0.39 is 0 Å². The molecular weight excluding hydrogens is 456 g/mol. The number of carbonyl (C=O) groups excluding carboxylic acids is 2. The zero-order valence-electron chi connectivity index (χ0n) is 20.8. The summed E-state index contributed by atoms with van der Waals surface area (Å²) < 4.78 is 18.8. The van der Waals surface area contributed by atoms with E-state index in [9.17, 15) is 9.59 Å². The Bertz CT molecular complexity index is 1250. The van der Waals surface area contributed by atoms with Crippen LogP contribution >= 0.6 is 0 Å². The number of fused-ring (bicyclic) bond motifs is 1. The number of amides is 2. The summed E-state index contributed by atoms with van der Waals surface area (Å²) in [6.45, 7) is 5.48. The van der Waals surface area contributed by atoms with Gasteiger partial charge in [-0.05, 0) is 67.8 Å². The maximum absolute atomic E-state index is 12.7. The fourth-order valence-corrected chi connectivity index (χ4v) is 4.04. The summed E-state index contributed by atoms with van der Waals surface area (Å²) in [6.07, 6.45) is 9.65. The number of benzene rings is 2. The zero-order valence-corrected chi connectivity index (χ0v) is 20.8. The lowest BCUT2D eigenvalue weighted by atomic mass is 10.1. The number of carbonyl (C=O) groups is 2. The van der Waals surface area contributed by atoms with Crippen LogP contribution in [0.1, 0.15) is 35.3 Å². The molecule has 0 saturated heterocycles. The molecule has 7 nitrogen and oxygen atoms in total. The third kappa shape index (κ3) is 5.74. The van der Waals surface area contributed by atoms with E-state index in [1.807, 2.05) is 56.4 Å². The van der Waals surface area contributed by atoms with Gasteiger partial charge >= 0.3 is 5.91 Å². The first kappa shape index (κ1) is 25.0. The van der Waals surface area contributed by atoms with Crippen LogP contribution in [0.2, 0.25) is 0 Å². The Morgan fingerprint density at radius 1 is 1.06 bits per heavy atom. The highest BCUT2D eigenvalue weighted by Crippen LogP contribution is 2.28. The van der Waals surface area contributed by atoms with Gasteiger partial charge in [0.15, 0.2) is 11.5 Å². The number of rotatable bonds is 9. The van der Waals surface area contributed by atoms with E-state index in [4.69, 9.17) is 14.2 Å². The van der Waals surface area contributed by atoms with Crippen molar-refractivity contribution < 1.29 is 28.4 Å². The molecular formula is C29H31N2O5+. The second-order valence-electron chi connectivity index (χ2n) is 8.36. The lowest BCUT2D eigenvalue weighted by molar-refractivity contribution is -0.424. The smallest absolute Gasteiger partial charge is 0.454 e. The molecule has 0 radical (unpaired) electrons. The third-order valence-corrected chi connectivity index (χ3v) is 5.89. The molecule has 2 aromatic rings. The van der Waals surface area contributed by atoms with Gasteiger partial charge in [-0.2, -0.15) is 4.58 Å². The fourth-order valence-electron chi connectivity index (χ4n) is 4.04. The number of nitrogens with one attached hydrogen (secondary N) is 1. The Morgan fingerprint density at radius 3 is 2.56 bits per heavy atom. The number of allylic oxidation sites excluding steroid dienone is 2. The molecule has 0 spiro atoms. The van der Waals surface area contributed by atoms with E-state index in [0.29, 0.717) is 37.5 Å². The average Bonchev–Trinajstić information content (AvgIpc) is 2.89. The zero-order chi connectivity index (χ0) is 25.5. The maximum atomic E-state index is 12.7. The van der Waals surface area contributed by atoms with Crippen molar-refractivity contribution in [3.63, 3.8) is 0 Å². The second-order valence-corrected chi connectivity index (χ2v) is 8.36. The Morgan fingerprint density at radius 2 is 1.81 bits per heavy atom. The highest BCUT2D eigenvalue weighted by molar-refractivity contribution is 6.05. The summed E-state index contributed by atoms with van der Waals surface area (Å²) in [6, 6.07) is 12.9. The Balaban J connectivity index is 1.35. The molecule has 0 bridgehead atoms. The molecule has 0 saturated carbocycles. The monoisotopic (exact) mass is 487 g/mol. The normalized spacial score (nSPS) is 17.6. The minimum absolute atomic E-state index is 0.159. The quantitative estimate of drug-likeness (QED) is 0.428. The minimum atomic E-state index is -0.283. The SMILES string of the molecule is CCOc1ccc(CCNC(=O)c2ccc(/C=C3\OC4C=CC=CC4=[N+](C)C3=O)cc2)cc1OCC. The maximum Gasteiger partial charge on any atom is 0.454 e. The van der Waals surface area contributed by atoms with E-state index in [1.165, 1.54) is 0 Å². The standard InChI is InChI=1S/C29H30N2O5/c1-4-34-25-15-12-21(18-26(25)35-5-2)16-17-30-28(32)22-13-10-20(11-14-22)19-27-29(33)31(3)23-8-6-7-9-24(23)36-27/h6-15,18-19,24H,4-5,16-17H2,1-3H3/p+1/b27-19-. The molecule has 0 fully saturated rings. The van der Waals surface area contributed by atoms with Crippen LogP contribution in [0.4, 0.5) is 0 Å². The molecule has 1 unspecified atom stereocenters. The number of nitrogens with zero attached hydrogens (tertiary/aromatic N) is 1. The van der Waals surface area contributed by atoms with E-state index >= 15 is 0 Å². The summed E-state index contributed by atoms with van der Waals surface area (Å²) in [4.78, 5) is 25.3. The largest absolute Gasteiger partial charge is 0.490 e. The predicted molar refractivity (Wildman–Crippen MR) is 139 cm³/mol. The number of ether oxygens (including phenoxy) is 3. The van der Waals surface area contributed by atoms with Gasteiger partial charge in [-0.3, -0.25) is 4.79 Å². The number of hydrogen-bond acceptors (Lipinski definition) is 5.